The van der Waals surface area contributed by atoms with Crippen LogP contribution in [-0.2, 0) is 22.6 Å². The number of carbonyl (C=O) groups excluding carboxylic acids is 1. The SMILES string of the molecule is CCOC(=O)C=Cc1ccc(OCc2cc(O)ccc2Cl)cc1Cc1cc2c(cc1Cl)OCO2. The van der Waals surface area contributed by atoms with Gasteiger partial charge in [0.05, 0.1) is 6.61 Å². The van der Waals surface area contributed by atoms with Crippen molar-refractivity contribution in [1.29, 1.82) is 0 Å². The number of hydrogen-bond donors (Lipinski definition) is 1. The maximum Gasteiger partial charge on any atom is 0.330 e. The topological polar surface area (TPSA) is 74.2 Å². The fourth-order valence-corrected chi connectivity index (χ4v) is 3.86. The maximum atomic E-state index is 11.8. The second-order valence-corrected chi connectivity index (χ2v) is 8.30. The van der Waals surface area contributed by atoms with Gasteiger partial charge in [0, 0.05) is 27.8 Å². The number of aromatic hydroxyl groups is 1. The highest BCUT2D eigenvalue weighted by Crippen LogP contribution is 2.38. The fourth-order valence-electron chi connectivity index (χ4n) is 3.47. The third-order valence-electron chi connectivity index (χ3n) is 5.15. The number of esters is 1. The first-order valence-corrected chi connectivity index (χ1v) is 11.3. The number of carbonyl (C=O) groups is 1. The van der Waals surface area contributed by atoms with Crippen molar-refractivity contribution in [3.63, 3.8) is 0 Å². The summed E-state index contributed by atoms with van der Waals surface area (Å²) >= 11 is 12.7. The van der Waals surface area contributed by atoms with E-state index in [1.807, 2.05) is 18.2 Å². The normalized spacial score (nSPS) is 12.2. The quantitative estimate of drug-likeness (QED) is 0.294. The van der Waals surface area contributed by atoms with Gasteiger partial charge in [-0.3, -0.25) is 0 Å². The molecule has 3 aromatic carbocycles. The molecule has 1 aliphatic rings. The molecule has 6 nitrogen and oxygen atoms in total. The van der Waals surface area contributed by atoms with E-state index in [9.17, 15) is 9.90 Å². The Morgan fingerprint density at radius 1 is 1.00 bits per heavy atom. The van der Waals surface area contributed by atoms with E-state index in [-0.39, 0.29) is 19.1 Å². The molecule has 8 heteroatoms. The molecule has 34 heavy (non-hydrogen) atoms. The summed E-state index contributed by atoms with van der Waals surface area (Å²) < 4.78 is 21.8. The smallest absolute Gasteiger partial charge is 0.330 e. The maximum absolute atomic E-state index is 11.8. The second kappa shape index (κ2) is 10.7. The van der Waals surface area contributed by atoms with Crippen LogP contribution in [0.5, 0.6) is 23.0 Å². The van der Waals surface area contributed by atoms with Gasteiger partial charge in [-0.05, 0) is 72.5 Å². The van der Waals surface area contributed by atoms with Crippen molar-refractivity contribution in [1.82, 2.24) is 0 Å². The molecule has 1 aliphatic heterocycles. The summed E-state index contributed by atoms with van der Waals surface area (Å²) in [5, 5.41) is 10.8. The summed E-state index contributed by atoms with van der Waals surface area (Å²) in [6, 6.07) is 13.8. The van der Waals surface area contributed by atoms with Gasteiger partial charge in [0.15, 0.2) is 11.5 Å². The number of fused-ring (bicyclic) bond motifs is 1. The monoisotopic (exact) mass is 500 g/mol. The lowest BCUT2D eigenvalue weighted by molar-refractivity contribution is -0.137. The number of benzene rings is 3. The van der Waals surface area contributed by atoms with E-state index in [2.05, 4.69) is 0 Å². The molecular formula is C26H22Cl2O6. The van der Waals surface area contributed by atoms with Crippen LogP contribution >= 0.6 is 23.2 Å². The van der Waals surface area contributed by atoms with E-state index in [0.717, 1.165) is 16.7 Å². The van der Waals surface area contributed by atoms with Crippen molar-refractivity contribution < 1.29 is 28.8 Å². The molecule has 4 rings (SSSR count). The van der Waals surface area contributed by atoms with Crippen molar-refractivity contribution in [2.24, 2.45) is 0 Å². The standard InChI is InChI=1S/C26H22Cl2O6/c1-2-31-26(30)8-4-16-3-6-21(32-14-19-10-20(29)5-7-22(19)27)11-17(16)9-18-12-24-25(13-23(18)28)34-15-33-24/h3-8,10-13,29H,2,9,14-15H2,1H3. The van der Waals surface area contributed by atoms with Gasteiger partial charge in [0.25, 0.3) is 0 Å². The summed E-state index contributed by atoms with van der Waals surface area (Å²) in [5.41, 5.74) is 3.18. The molecule has 0 spiro atoms. The van der Waals surface area contributed by atoms with Crippen LogP contribution < -0.4 is 14.2 Å². The van der Waals surface area contributed by atoms with Crippen LogP contribution in [0, 0.1) is 0 Å². The Bertz CT molecular complexity index is 1240. The van der Waals surface area contributed by atoms with Crippen LogP contribution in [0.4, 0.5) is 0 Å². The zero-order chi connectivity index (χ0) is 24.1. The molecule has 0 amide bonds. The Morgan fingerprint density at radius 2 is 1.79 bits per heavy atom. The minimum atomic E-state index is -0.423. The molecule has 0 atom stereocenters. The minimum absolute atomic E-state index is 0.112. The first-order chi connectivity index (χ1) is 16.4. The average molecular weight is 501 g/mol. The molecule has 0 unspecified atom stereocenters. The van der Waals surface area contributed by atoms with Gasteiger partial charge in [-0.2, -0.15) is 0 Å². The van der Waals surface area contributed by atoms with Crippen molar-refractivity contribution in [3.05, 3.63) is 86.9 Å². The van der Waals surface area contributed by atoms with Crippen molar-refractivity contribution in [2.75, 3.05) is 13.4 Å². The Labute approximate surface area is 207 Å². The summed E-state index contributed by atoms with van der Waals surface area (Å²) in [4.78, 5) is 11.8. The molecule has 0 aliphatic carbocycles. The van der Waals surface area contributed by atoms with E-state index >= 15 is 0 Å². The third kappa shape index (κ3) is 5.76. The first kappa shape index (κ1) is 23.8. The summed E-state index contributed by atoms with van der Waals surface area (Å²) in [6.45, 7) is 2.38. The van der Waals surface area contributed by atoms with Crippen LogP contribution in [0.1, 0.15) is 29.2 Å². The molecule has 0 saturated heterocycles. The minimum Gasteiger partial charge on any atom is -0.508 e. The highest BCUT2D eigenvalue weighted by Gasteiger charge is 2.17. The van der Waals surface area contributed by atoms with Gasteiger partial charge in [0.2, 0.25) is 6.79 Å². The Kier molecular flexibility index (Phi) is 7.50. The number of hydrogen-bond acceptors (Lipinski definition) is 6. The highest BCUT2D eigenvalue weighted by molar-refractivity contribution is 6.31. The zero-order valence-corrected chi connectivity index (χ0v) is 19.9. The predicted octanol–water partition coefficient (Wildman–Crippen LogP) is 6.17. The van der Waals surface area contributed by atoms with E-state index in [1.54, 1.807) is 37.3 Å². The molecule has 1 N–H and O–H groups in total. The molecule has 0 bridgehead atoms. The molecule has 0 fully saturated rings. The van der Waals surface area contributed by atoms with Gasteiger partial charge in [-0.15, -0.1) is 0 Å². The number of phenolic OH excluding ortho intramolecular Hbond substituents is 1. The van der Waals surface area contributed by atoms with Crippen LogP contribution in [-0.4, -0.2) is 24.5 Å². The van der Waals surface area contributed by atoms with Crippen LogP contribution in [0.15, 0.2) is 54.6 Å². The van der Waals surface area contributed by atoms with Gasteiger partial charge in [0.1, 0.15) is 18.1 Å². The lowest BCUT2D eigenvalue weighted by Crippen LogP contribution is -2.01. The van der Waals surface area contributed by atoms with Crippen molar-refractivity contribution >= 4 is 35.2 Å². The number of phenols is 1. The van der Waals surface area contributed by atoms with E-state index in [4.69, 9.17) is 42.1 Å². The number of rotatable bonds is 8. The highest BCUT2D eigenvalue weighted by atomic mass is 35.5. The Hall–Kier alpha value is -3.35. The fraction of sp³-hybridized carbons (Fsp3) is 0.192. The van der Waals surface area contributed by atoms with E-state index < -0.39 is 5.97 Å². The molecule has 0 radical (unpaired) electrons. The Morgan fingerprint density at radius 3 is 2.59 bits per heavy atom. The summed E-state index contributed by atoms with van der Waals surface area (Å²) in [7, 11) is 0. The van der Waals surface area contributed by atoms with E-state index in [1.165, 1.54) is 12.1 Å². The second-order valence-electron chi connectivity index (χ2n) is 7.48. The van der Waals surface area contributed by atoms with Crippen LogP contribution in [0.3, 0.4) is 0 Å². The van der Waals surface area contributed by atoms with Crippen molar-refractivity contribution in [3.8, 4) is 23.0 Å². The van der Waals surface area contributed by atoms with Crippen LogP contribution in [0.25, 0.3) is 6.08 Å². The first-order valence-electron chi connectivity index (χ1n) is 10.6. The predicted molar refractivity (Wildman–Crippen MR) is 130 cm³/mol. The number of halogens is 2. The molecular weight excluding hydrogens is 479 g/mol. The molecule has 3 aromatic rings. The van der Waals surface area contributed by atoms with Gasteiger partial charge < -0.3 is 24.1 Å². The third-order valence-corrected chi connectivity index (χ3v) is 5.87. The van der Waals surface area contributed by atoms with E-state index in [0.29, 0.717) is 45.9 Å². The molecule has 1 heterocycles. The summed E-state index contributed by atoms with van der Waals surface area (Å²) in [5.74, 6) is 1.53. The van der Waals surface area contributed by atoms with Crippen molar-refractivity contribution in [2.45, 2.75) is 20.0 Å². The average Bonchev–Trinajstić information content (AvgIpc) is 3.26. The zero-order valence-electron chi connectivity index (χ0n) is 18.3. The lowest BCUT2D eigenvalue weighted by Gasteiger charge is -2.13. The summed E-state index contributed by atoms with van der Waals surface area (Å²) in [6.07, 6.45) is 3.54. The van der Waals surface area contributed by atoms with Gasteiger partial charge >= 0.3 is 5.97 Å². The Balaban J connectivity index is 1.62. The lowest BCUT2D eigenvalue weighted by atomic mass is 9.98. The van der Waals surface area contributed by atoms with Crippen LogP contribution in [0.2, 0.25) is 10.0 Å². The molecule has 176 valence electrons. The van der Waals surface area contributed by atoms with Gasteiger partial charge in [-0.1, -0.05) is 29.3 Å². The largest absolute Gasteiger partial charge is 0.508 e. The van der Waals surface area contributed by atoms with Gasteiger partial charge in [-0.25, -0.2) is 4.79 Å². The molecule has 0 saturated carbocycles. The molecule has 0 aromatic heterocycles. The number of ether oxygens (including phenoxy) is 4.